The Bertz CT molecular complexity index is 800. The van der Waals surface area contributed by atoms with E-state index in [4.69, 9.17) is 9.47 Å². The van der Waals surface area contributed by atoms with Crippen LogP contribution in [-0.4, -0.2) is 37.0 Å². The van der Waals surface area contributed by atoms with E-state index < -0.39 is 23.9 Å². The monoisotopic (exact) mass is 400 g/mol. The molecular weight excluding hydrogens is 381 g/mol. The number of aromatic nitrogens is 1. The lowest BCUT2D eigenvalue weighted by molar-refractivity contribution is -0.105. The molecule has 0 bridgehead atoms. The normalized spacial score (nSPS) is 12.4. The van der Waals surface area contributed by atoms with Gasteiger partial charge in [0.15, 0.2) is 0 Å². The predicted molar refractivity (Wildman–Crippen MR) is 96.4 cm³/mol. The summed E-state index contributed by atoms with van der Waals surface area (Å²) in [5, 5.41) is 2.79. The van der Waals surface area contributed by atoms with Crippen LogP contribution >= 0.6 is 11.8 Å². The SMILES string of the molecule is COc1ccc(OC)c(C(C)NC(=O)c2cccnc2SCC(F)(F)F)c1. The second-order valence-electron chi connectivity index (χ2n) is 5.56. The summed E-state index contributed by atoms with van der Waals surface area (Å²) in [5.74, 6) is -0.495. The Morgan fingerprint density at radius 3 is 2.63 bits per heavy atom. The molecule has 9 heteroatoms. The van der Waals surface area contributed by atoms with Crippen molar-refractivity contribution in [1.82, 2.24) is 10.3 Å². The fraction of sp³-hybridized carbons (Fsp3) is 0.333. The number of nitrogens with zero attached hydrogens (tertiary/aromatic N) is 1. The molecule has 27 heavy (non-hydrogen) atoms. The number of carbonyl (C=O) groups is 1. The quantitative estimate of drug-likeness (QED) is 0.705. The first kappa shape index (κ1) is 20.9. The second-order valence-corrected chi connectivity index (χ2v) is 6.53. The zero-order valence-electron chi connectivity index (χ0n) is 15.0. The number of alkyl halides is 3. The molecule has 1 heterocycles. The number of amides is 1. The van der Waals surface area contributed by atoms with Crippen molar-refractivity contribution in [3.63, 3.8) is 0 Å². The van der Waals surface area contributed by atoms with Crippen LogP contribution in [0.2, 0.25) is 0 Å². The molecule has 0 aliphatic carbocycles. The Hall–Kier alpha value is -2.42. The van der Waals surface area contributed by atoms with Gasteiger partial charge in [0.2, 0.25) is 0 Å². The van der Waals surface area contributed by atoms with Crippen molar-refractivity contribution in [1.29, 1.82) is 0 Å². The highest BCUT2D eigenvalue weighted by atomic mass is 32.2. The summed E-state index contributed by atoms with van der Waals surface area (Å²) >= 11 is 0.477. The topological polar surface area (TPSA) is 60.5 Å². The Morgan fingerprint density at radius 1 is 1.26 bits per heavy atom. The maximum absolute atomic E-state index is 12.6. The summed E-state index contributed by atoms with van der Waals surface area (Å²) in [6, 6.07) is 7.64. The Labute approximate surface area is 159 Å². The smallest absolute Gasteiger partial charge is 0.398 e. The summed E-state index contributed by atoms with van der Waals surface area (Å²) in [6.07, 6.45) is -3.00. The highest BCUT2D eigenvalue weighted by Gasteiger charge is 2.29. The van der Waals surface area contributed by atoms with E-state index in [0.29, 0.717) is 28.8 Å². The number of hydrogen-bond donors (Lipinski definition) is 1. The van der Waals surface area contributed by atoms with Crippen molar-refractivity contribution in [3.05, 3.63) is 47.7 Å². The van der Waals surface area contributed by atoms with Gasteiger partial charge in [-0.1, -0.05) is 11.8 Å². The zero-order chi connectivity index (χ0) is 20.0. The van der Waals surface area contributed by atoms with Gasteiger partial charge in [0.1, 0.15) is 16.5 Å². The van der Waals surface area contributed by atoms with Crippen LogP contribution in [0.3, 0.4) is 0 Å². The van der Waals surface area contributed by atoms with Crippen LogP contribution in [0.1, 0.15) is 28.9 Å². The third-order valence-corrected chi connectivity index (χ3v) is 4.71. The van der Waals surface area contributed by atoms with Gasteiger partial charge in [-0.3, -0.25) is 4.79 Å². The molecule has 146 valence electrons. The lowest BCUT2D eigenvalue weighted by Gasteiger charge is -2.19. The molecule has 0 saturated carbocycles. The van der Waals surface area contributed by atoms with E-state index in [2.05, 4.69) is 10.3 Å². The van der Waals surface area contributed by atoms with Crippen LogP contribution in [0.4, 0.5) is 13.2 Å². The van der Waals surface area contributed by atoms with Gasteiger partial charge in [-0.25, -0.2) is 4.98 Å². The average Bonchev–Trinajstić information content (AvgIpc) is 2.65. The standard InChI is InChI=1S/C18H19F3N2O3S/c1-11(14-9-12(25-2)6-7-15(14)26-3)23-16(24)13-5-4-8-22-17(13)27-10-18(19,20)21/h4-9,11H,10H2,1-3H3,(H,23,24). The van der Waals surface area contributed by atoms with Crippen LogP contribution < -0.4 is 14.8 Å². The summed E-state index contributed by atoms with van der Waals surface area (Å²) in [7, 11) is 3.03. The van der Waals surface area contributed by atoms with Gasteiger partial charge in [0.25, 0.3) is 5.91 Å². The van der Waals surface area contributed by atoms with Crippen LogP contribution in [0.15, 0.2) is 41.6 Å². The van der Waals surface area contributed by atoms with Crippen LogP contribution in [0.5, 0.6) is 11.5 Å². The lowest BCUT2D eigenvalue weighted by Crippen LogP contribution is -2.27. The number of benzene rings is 1. The van der Waals surface area contributed by atoms with Crippen molar-refractivity contribution in [3.8, 4) is 11.5 Å². The molecule has 1 aromatic carbocycles. The van der Waals surface area contributed by atoms with Crippen LogP contribution in [0, 0.1) is 0 Å². The van der Waals surface area contributed by atoms with Gasteiger partial charge in [0, 0.05) is 11.8 Å². The number of rotatable bonds is 7. The number of nitrogens with one attached hydrogen (secondary N) is 1. The number of pyridine rings is 1. The summed E-state index contributed by atoms with van der Waals surface area (Å²) in [6.45, 7) is 1.74. The van der Waals surface area contributed by atoms with Gasteiger partial charge < -0.3 is 14.8 Å². The molecule has 0 spiro atoms. The van der Waals surface area contributed by atoms with E-state index in [0.717, 1.165) is 0 Å². The van der Waals surface area contributed by atoms with E-state index in [1.165, 1.54) is 32.5 Å². The first-order valence-electron chi connectivity index (χ1n) is 7.92. The Morgan fingerprint density at radius 2 is 2.00 bits per heavy atom. The predicted octanol–water partition coefficient (Wildman–Crippen LogP) is 4.24. The maximum Gasteiger partial charge on any atom is 0.398 e. The summed E-state index contributed by atoms with van der Waals surface area (Å²) in [5.41, 5.74) is 0.763. The molecule has 5 nitrogen and oxygen atoms in total. The number of thioether (sulfide) groups is 1. The number of hydrogen-bond acceptors (Lipinski definition) is 5. The number of halogens is 3. The minimum atomic E-state index is -4.35. The largest absolute Gasteiger partial charge is 0.497 e. The molecule has 0 fully saturated rings. The molecule has 0 radical (unpaired) electrons. The van der Waals surface area contributed by atoms with E-state index in [9.17, 15) is 18.0 Å². The lowest BCUT2D eigenvalue weighted by atomic mass is 10.1. The third-order valence-electron chi connectivity index (χ3n) is 3.64. The van der Waals surface area contributed by atoms with Gasteiger partial charge in [-0.05, 0) is 37.3 Å². The van der Waals surface area contributed by atoms with Crippen molar-refractivity contribution in [2.45, 2.75) is 24.2 Å². The van der Waals surface area contributed by atoms with E-state index in [-0.39, 0.29) is 10.6 Å². The number of ether oxygens (including phenoxy) is 2. The molecule has 1 N–H and O–H groups in total. The van der Waals surface area contributed by atoms with Gasteiger partial charge >= 0.3 is 6.18 Å². The molecular formula is C18H19F3N2O3S. The molecule has 1 atom stereocenters. The minimum absolute atomic E-state index is 0.0251. The van der Waals surface area contributed by atoms with Crippen molar-refractivity contribution in [2.75, 3.05) is 20.0 Å². The number of methoxy groups -OCH3 is 2. The van der Waals surface area contributed by atoms with Crippen molar-refractivity contribution in [2.24, 2.45) is 0 Å². The molecule has 1 unspecified atom stereocenters. The first-order chi connectivity index (χ1) is 12.7. The molecule has 0 aliphatic heterocycles. The maximum atomic E-state index is 12.6. The Kier molecular flexibility index (Phi) is 6.95. The molecule has 0 aliphatic rings. The average molecular weight is 400 g/mol. The highest BCUT2D eigenvalue weighted by Crippen LogP contribution is 2.31. The Balaban J connectivity index is 2.20. The fourth-order valence-corrected chi connectivity index (χ4v) is 3.11. The second kappa shape index (κ2) is 8.98. The molecule has 0 saturated heterocycles. The van der Waals surface area contributed by atoms with Gasteiger partial charge in [-0.2, -0.15) is 13.2 Å². The van der Waals surface area contributed by atoms with E-state index in [1.807, 2.05) is 0 Å². The fourth-order valence-electron chi connectivity index (χ4n) is 2.36. The van der Waals surface area contributed by atoms with Gasteiger partial charge in [0.05, 0.1) is 31.6 Å². The molecule has 1 amide bonds. The molecule has 2 rings (SSSR count). The number of carbonyl (C=O) groups excluding carboxylic acids is 1. The molecule has 1 aromatic heterocycles. The highest BCUT2D eigenvalue weighted by molar-refractivity contribution is 7.99. The van der Waals surface area contributed by atoms with Crippen molar-refractivity contribution < 1.29 is 27.4 Å². The first-order valence-corrected chi connectivity index (χ1v) is 8.91. The molecule has 2 aromatic rings. The van der Waals surface area contributed by atoms with Crippen LogP contribution in [-0.2, 0) is 0 Å². The summed E-state index contributed by atoms with van der Waals surface area (Å²) < 4.78 is 47.9. The third kappa shape index (κ3) is 5.78. The van der Waals surface area contributed by atoms with Gasteiger partial charge in [-0.15, -0.1) is 0 Å². The minimum Gasteiger partial charge on any atom is -0.497 e. The summed E-state index contributed by atoms with van der Waals surface area (Å²) in [4.78, 5) is 16.5. The zero-order valence-corrected chi connectivity index (χ0v) is 15.8. The van der Waals surface area contributed by atoms with Crippen molar-refractivity contribution >= 4 is 17.7 Å². The van der Waals surface area contributed by atoms with E-state index >= 15 is 0 Å². The van der Waals surface area contributed by atoms with Crippen LogP contribution in [0.25, 0.3) is 0 Å². The van der Waals surface area contributed by atoms with E-state index in [1.54, 1.807) is 25.1 Å².